The number of carbonyl (C=O) groups is 2. The smallest absolute Gasteiger partial charge is 0.220 e. The van der Waals surface area contributed by atoms with Crippen molar-refractivity contribution in [3.05, 3.63) is 23.7 Å². The molecule has 2 atom stereocenters. The maximum absolute atomic E-state index is 10.5. The monoisotopic (exact) mass is 213 g/mol. The molecule has 0 aromatic carbocycles. The van der Waals surface area contributed by atoms with Gasteiger partial charge in [-0.05, 0) is 6.07 Å². The molecule has 1 amide bonds. The number of amides is 1. The molecular formula is C9H11NO5. The minimum atomic E-state index is -1.36. The van der Waals surface area contributed by atoms with Crippen molar-refractivity contribution in [3.63, 3.8) is 0 Å². The minimum Gasteiger partial charge on any atom is -0.461 e. The lowest BCUT2D eigenvalue weighted by Gasteiger charge is -2.15. The fourth-order valence-corrected chi connectivity index (χ4v) is 1.20. The SMILES string of the molecule is NC(=O)CC(O)C(O)c1ccoc1C=O. The molecule has 15 heavy (non-hydrogen) atoms. The summed E-state index contributed by atoms with van der Waals surface area (Å²) in [6.45, 7) is 0. The first-order chi connectivity index (χ1) is 7.06. The second-order valence-electron chi connectivity index (χ2n) is 3.04. The van der Waals surface area contributed by atoms with E-state index in [9.17, 15) is 19.8 Å². The predicted octanol–water partition coefficient (Wildman–Crippen LogP) is -0.638. The number of aliphatic hydroxyl groups excluding tert-OH is 2. The lowest BCUT2D eigenvalue weighted by atomic mass is 10.0. The Morgan fingerprint density at radius 2 is 2.27 bits per heavy atom. The summed E-state index contributed by atoms with van der Waals surface area (Å²) in [5, 5.41) is 18.9. The number of furan rings is 1. The van der Waals surface area contributed by atoms with Gasteiger partial charge in [-0.15, -0.1) is 0 Å². The van der Waals surface area contributed by atoms with Crippen LogP contribution in [0.2, 0.25) is 0 Å². The van der Waals surface area contributed by atoms with Crippen molar-refractivity contribution in [3.8, 4) is 0 Å². The molecule has 0 spiro atoms. The summed E-state index contributed by atoms with van der Waals surface area (Å²) in [5.74, 6) is -0.816. The Bertz CT molecular complexity index is 359. The highest BCUT2D eigenvalue weighted by molar-refractivity contribution is 5.75. The number of nitrogens with two attached hydrogens (primary N) is 1. The van der Waals surface area contributed by atoms with E-state index in [0.717, 1.165) is 0 Å². The van der Waals surface area contributed by atoms with E-state index in [2.05, 4.69) is 0 Å². The third-order valence-electron chi connectivity index (χ3n) is 1.93. The maximum atomic E-state index is 10.5. The molecule has 0 aliphatic rings. The standard InChI is InChI=1S/C9H11NO5/c10-8(13)3-6(12)9(14)5-1-2-15-7(5)4-11/h1-2,4,6,9,12,14H,3H2,(H2,10,13). The van der Waals surface area contributed by atoms with Crippen LogP contribution in [0.4, 0.5) is 0 Å². The molecule has 4 N–H and O–H groups in total. The first-order valence-electron chi connectivity index (χ1n) is 4.23. The van der Waals surface area contributed by atoms with Crippen LogP contribution in [-0.4, -0.2) is 28.5 Å². The molecule has 1 rings (SSSR count). The highest BCUT2D eigenvalue weighted by Gasteiger charge is 2.24. The van der Waals surface area contributed by atoms with Gasteiger partial charge in [-0.1, -0.05) is 0 Å². The van der Waals surface area contributed by atoms with Gasteiger partial charge in [-0.25, -0.2) is 0 Å². The molecular weight excluding hydrogens is 202 g/mol. The molecule has 2 unspecified atom stereocenters. The summed E-state index contributed by atoms with van der Waals surface area (Å²) < 4.78 is 4.73. The van der Waals surface area contributed by atoms with Crippen LogP contribution in [0.1, 0.15) is 28.6 Å². The summed E-state index contributed by atoms with van der Waals surface area (Å²) in [7, 11) is 0. The Labute approximate surface area is 85.3 Å². The molecule has 0 saturated heterocycles. The van der Waals surface area contributed by atoms with Crippen molar-refractivity contribution >= 4 is 12.2 Å². The molecule has 6 nitrogen and oxygen atoms in total. The molecule has 0 fully saturated rings. The van der Waals surface area contributed by atoms with Crippen LogP contribution in [-0.2, 0) is 4.79 Å². The molecule has 0 aliphatic heterocycles. The number of hydrogen-bond acceptors (Lipinski definition) is 5. The highest BCUT2D eigenvalue weighted by atomic mass is 16.3. The molecule has 0 saturated carbocycles. The third kappa shape index (κ3) is 2.64. The zero-order chi connectivity index (χ0) is 11.4. The van der Waals surface area contributed by atoms with Crippen LogP contribution in [0, 0.1) is 0 Å². The van der Waals surface area contributed by atoms with Crippen molar-refractivity contribution in [1.82, 2.24) is 0 Å². The Kier molecular flexibility index (Phi) is 3.59. The molecule has 82 valence electrons. The summed E-state index contributed by atoms with van der Waals surface area (Å²) >= 11 is 0. The fraction of sp³-hybridized carbons (Fsp3) is 0.333. The molecule has 6 heteroatoms. The average molecular weight is 213 g/mol. The van der Waals surface area contributed by atoms with E-state index in [1.54, 1.807) is 0 Å². The van der Waals surface area contributed by atoms with Crippen LogP contribution in [0.15, 0.2) is 16.7 Å². The van der Waals surface area contributed by atoms with Crippen molar-refractivity contribution < 1.29 is 24.2 Å². The van der Waals surface area contributed by atoms with Crippen molar-refractivity contribution in [2.45, 2.75) is 18.6 Å². The second-order valence-corrected chi connectivity index (χ2v) is 3.04. The summed E-state index contributed by atoms with van der Waals surface area (Å²) in [6.07, 6.45) is -1.48. The van der Waals surface area contributed by atoms with Gasteiger partial charge in [0.05, 0.1) is 18.8 Å². The maximum Gasteiger partial charge on any atom is 0.220 e. The fourth-order valence-electron chi connectivity index (χ4n) is 1.20. The van der Waals surface area contributed by atoms with Gasteiger partial charge in [-0.3, -0.25) is 9.59 Å². The number of aliphatic hydroxyl groups is 2. The van der Waals surface area contributed by atoms with Gasteiger partial charge in [0.2, 0.25) is 5.91 Å². The Balaban J connectivity index is 2.79. The summed E-state index contributed by atoms with van der Waals surface area (Å²) in [4.78, 5) is 21.0. The van der Waals surface area contributed by atoms with Gasteiger partial charge >= 0.3 is 0 Å². The lowest BCUT2D eigenvalue weighted by molar-refractivity contribution is -0.121. The first kappa shape index (κ1) is 11.4. The molecule has 0 bridgehead atoms. The number of rotatable bonds is 5. The van der Waals surface area contributed by atoms with E-state index in [1.807, 2.05) is 0 Å². The first-order valence-corrected chi connectivity index (χ1v) is 4.23. The number of carbonyl (C=O) groups excluding carboxylic acids is 2. The molecule has 1 heterocycles. The van der Waals surface area contributed by atoms with Gasteiger partial charge in [-0.2, -0.15) is 0 Å². The van der Waals surface area contributed by atoms with Crippen LogP contribution < -0.4 is 5.73 Å². The van der Waals surface area contributed by atoms with Gasteiger partial charge in [0.15, 0.2) is 12.0 Å². The Hall–Kier alpha value is -1.66. The number of aldehydes is 1. The Morgan fingerprint density at radius 3 is 2.80 bits per heavy atom. The largest absolute Gasteiger partial charge is 0.461 e. The zero-order valence-corrected chi connectivity index (χ0v) is 7.79. The van der Waals surface area contributed by atoms with Crippen LogP contribution >= 0.6 is 0 Å². The average Bonchev–Trinajstić information content (AvgIpc) is 2.62. The third-order valence-corrected chi connectivity index (χ3v) is 1.93. The predicted molar refractivity (Wildman–Crippen MR) is 48.9 cm³/mol. The van der Waals surface area contributed by atoms with Gasteiger partial charge in [0.25, 0.3) is 0 Å². The van der Waals surface area contributed by atoms with E-state index >= 15 is 0 Å². The normalized spacial score (nSPS) is 14.5. The summed E-state index contributed by atoms with van der Waals surface area (Å²) in [6, 6.07) is 1.35. The van der Waals surface area contributed by atoms with E-state index in [0.29, 0.717) is 6.29 Å². The Morgan fingerprint density at radius 1 is 1.60 bits per heavy atom. The van der Waals surface area contributed by atoms with Gasteiger partial charge in [0.1, 0.15) is 6.10 Å². The topological polar surface area (TPSA) is 114 Å². The van der Waals surface area contributed by atoms with Gasteiger partial charge in [0, 0.05) is 5.56 Å². The van der Waals surface area contributed by atoms with E-state index in [-0.39, 0.29) is 17.7 Å². The zero-order valence-electron chi connectivity index (χ0n) is 7.79. The highest BCUT2D eigenvalue weighted by Crippen LogP contribution is 2.22. The van der Waals surface area contributed by atoms with Crippen molar-refractivity contribution in [1.29, 1.82) is 0 Å². The van der Waals surface area contributed by atoms with Crippen LogP contribution in [0.25, 0.3) is 0 Å². The van der Waals surface area contributed by atoms with Crippen LogP contribution in [0.5, 0.6) is 0 Å². The van der Waals surface area contributed by atoms with Crippen molar-refractivity contribution in [2.24, 2.45) is 5.73 Å². The quantitative estimate of drug-likeness (QED) is 0.563. The number of hydrogen-bond donors (Lipinski definition) is 3. The molecule has 1 aromatic rings. The summed E-state index contributed by atoms with van der Waals surface area (Å²) in [5.41, 5.74) is 4.99. The van der Waals surface area contributed by atoms with Crippen LogP contribution in [0.3, 0.4) is 0 Å². The van der Waals surface area contributed by atoms with Gasteiger partial charge < -0.3 is 20.4 Å². The minimum absolute atomic E-state index is 0.0778. The second kappa shape index (κ2) is 4.72. The van der Waals surface area contributed by atoms with Crippen molar-refractivity contribution in [2.75, 3.05) is 0 Å². The molecule has 0 aliphatic carbocycles. The lowest BCUT2D eigenvalue weighted by Crippen LogP contribution is -2.25. The van der Waals surface area contributed by atoms with E-state index in [4.69, 9.17) is 10.2 Å². The van der Waals surface area contributed by atoms with E-state index < -0.39 is 18.1 Å². The molecule has 1 aromatic heterocycles. The molecule has 0 radical (unpaired) electrons. The van der Waals surface area contributed by atoms with E-state index in [1.165, 1.54) is 12.3 Å². The number of primary amides is 1.